The van der Waals surface area contributed by atoms with Gasteiger partial charge in [-0.15, -0.1) is 5.10 Å². The van der Waals surface area contributed by atoms with E-state index >= 15 is 0 Å². The molecule has 0 spiro atoms. The second-order valence-electron chi connectivity index (χ2n) is 8.80. The van der Waals surface area contributed by atoms with Crippen molar-refractivity contribution in [3.8, 4) is 0 Å². The number of hydrogen-bond donors (Lipinski definition) is 3. The maximum absolute atomic E-state index is 12.5. The SMILES string of the molecule is O=C(NC1CCN(c2nc(Nc3cc(C4CC4)n[nH]3)c3cccn3n2)CC1)c1ccccc1. The van der Waals surface area contributed by atoms with Crippen molar-refractivity contribution in [3.05, 3.63) is 66.0 Å². The normalized spacial score (nSPS) is 16.8. The van der Waals surface area contributed by atoms with E-state index in [9.17, 15) is 4.79 Å². The largest absolute Gasteiger partial charge is 0.349 e. The summed E-state index contributed by atoms with van der Waals surface area (Å²) in [5.74, 6) is 2.84. The van der Waals surface area contributed by atoms with Crippen molar-refractivity contribution in [1.82, 2.24) is 30.1 Å². The zero-order valence-corrected chi connectivity index (χ0v) is 18.2. The second kappa shape index (κ2) is 8.23. The van der Waals surface area contributed by atoms with Crippen LogP contribution in [0.1, 0.15) is 47.7 Å². The van der Waals surface area contributed by atoms with Gasteiger partial charge in [0.05, 0.1) is 5.69 Å². The highest BCUT2D eigenvalue weighted by Gasteiger charge is 2.27. The summed E-state index contributed by atoms with van der Waals surface area (Å²) in [4.78, 5) is 19.5. The van der Waals surface area contributed by atoms with E-state index in [1.165, 1.54) is 12.8 Å². The van der Waals surface area contributed by atoms with Crippen LogP contribution < -0.4 is 15.5 Å². The van der Waals surface area contributed by atoms with Crippen LogP contribution in [0.3, 0.4) is 0 Å². The van der Waals surface area contributed by atoms with E-state index in [0.717, 1.165) is 48.8 Å². The Balaban J connectivity index is 1.15. The number of aromatic nitrogens is 5. The molecule has 6 rings (SSSR count). The molecule has 4 aromatic rings. The number of fused-ring (bicyclic) bond motifs is 1. The number of carbonyl (C=O) groups excluding carboxylic acids is 1. The van der Waals surface area contributed by atoms with Crippen LogP contribution in [0.25, 0.3) is 5.52 Å². The molecule has 9 nitrogen and oxygen atoms in total. The van der Waals surface area contributed by atoms with Crippen molar-refractivity contribution in [2.24, 2.45) is 0 Å². The van der Waals surface area contributed by atoms with Gasteiger partial charge in [-0.2, -0.15) is 10.1 Å². The highest BCUT2D eigenvalue weighted by molar-refractivity contribution is 5.94. The molecule has 0 unspecified atom stereocenters. The molecule has 1 saturated heterocycles. The standard InChI is InChI=1S/C24H26N8O/c33-23(17-5-2-1-3-6-17)25-18-10-13-31(14-11-18)24-27-22(20-7-4-12-32(20)30-24)26-21-15-19(28-29-21)16-8-9-16/h1-7,12,15-16,18H,8-11,13-14H2,(H,25,33)(H2,26,27,28,29,30). The molecule has 2 fully saturated rings. The van der Waals surface area contributed by atoms with Gasteiger partial charge in [0.25, 0.3) is 5.91 Å². The molecular weight excluding hydrogens is 416 g/mol. The fourth-order valence-corrected chi connectivity index (χ4v) is 4.35. The van der Waals surface area contributed by atoms with E-state index in [1.54, 1.807) is 0 Å². The third-order valence-corrected chi connectivity index (χ3v) is 6.38. The number of hydrogen-bond acceptors (Lipinski definition) is 6. The molecule has 33 heavy (non-hydrogen) atoms. The van der Waals surface area contributed by atoms with Crippen LogP contribution in [0, 0.1) is 0 Å². The number of aromatic amines is 1. The molecule has 0 bridgehead atoms. The van der Waals surface area contributed by atoms with Gasteiger partial charge in [-0.3, -0.25) is 9.89 Å². The molecule has 2 aliphatic rings. The number of nitrogens with zero attached hydrogens (tertiary/aromatic N) is 5. The molecule has 1 aromatic carbocycles. The van der Waals surface area contributed by atoms with Gasteiger partial charge in [-0.1, -0.05) is 18.2 Å². The lowest BCUT2D eigenvalue weighted by Crippen LogP contribution is -2.45. The van der Waals surface area contributed by atoms with Crippen molar-refractivity contribution in [2.45, 2.75) is 37.6 Å². The fraction of sp³-hybridized carbons (Fsp3) is 0.333. The van der Waals surface area contributed by atoms with Crippen LogP contribution in [-0.4, -0.2) is 49.8 Å². The Morgan fingerprint density at radius 3 is 2.64 bits per heavy atom. The first-order valence-corrected chi connectivity index (χ1v) is 11.5. The van der Waals surface area contributed by atoms with Crippen molar-refractivity contribution >= 4 is 29.0 Å². The quantitative estimate of drug-likeness (QED) is 0.423. The van der Waals surface area contributed by atoms with Gasteiger partial charge >= 0.3 is 0 Å². The van der Waals surface area contributed by atoms with Crippen LogP contribution in [0.15, 0.2) is 54.7 Å². The summed E-state index contributed by atoms with van der Waals surface area (Å²) in [6.45, 7) is 1.56. The lowest BCUT2D eigenvalue weighted by atomic mass is 10.0. The van der Waals surface area contributed by atoms with Gasteiger partial charge in [0, 0.05) is 42.9 Å². The first-order chi connectivity index (χ1) is 16.2. The lowest BCUT2D eigenvalue weighted by molar-refractivity contribution is 0.0931. The van der Waals surface area contributed by atoms with E-state index < -0.39 is 0 Å². The number of H-pyrrole nitrogens is 1. The predicted octanol–water partition coefficient (Wildman–Crippen LogP) is 3.47. The Morgan fingerprint density at radius 1 is 1.03 bits per heavy atom. The fourth-order valence-electron chi connectivity index (χ4n) is 4.35. The number of rotatable bonds is 6. The Morgan fingerprint density at radius 2 is 1.85 bits per heavy atom. The molecule has 0 radical (unpaired) electrons. The average Bonchev–Trinajstić information content (AvgIpc) is 3.40. The molecule has 3 N–H and O–H groups in total. The molecule has 4 heterocycles. The highest BCUT2D eigenvalue weighted by Crippen LogP contribution is 2.39. The number of benzene rings is 1. The molecule has 3 aromatic heterocycles. The summed E-state index contributed by atoms with van der Waals surface area (Å²) in [5.41, 5.74) is 2.71. The van der Waals surface area contributed by atoms with Gasteiger partial charge < -0.3 is 15.5 Å². The molecular formula is C24H26N8O. The summed E-state index contributed by atoms with van der Waals surface area (Å²) in [7, 11) is 0. The third kappa shape index (κ3) is 4.13. The Bertz CT molecular complexity index is 1270. The maximum atomic E-state index is 12.5. The molecule has 1 aliphatic carbocycles. The number of piperidine rings is 1. The minimum absolute atomic E-state index is 0.0179. The molecule has 1 saturated carbocycles. The number of carbonyl (C=O) groups is 1. The van der Waals surface area contributed by atoms with Crippen molar-refractivity contribution < 1.29 is 4.79 Å². The zero-order valence-electron chi connectivity index (χ0n) is 18.2. The van der Waals surface area contributed by atoms with E-state index in [2.05, 4.69) is 31.8 Å². The van der Waals surface area contributed by atoms with Gasteiger partial charge in [0.2, 0.25) is 5.95 Å². The minimum Gasteiger partial charge on any atom is -0.349 e. The first kappa shape index (κ1) is 19.8. The van der Waals surface area contributed by atoms with Gasteiger partial charge in [-0.05, 0) is 49.9 Å². The Hall–Kier alpha value is -3.88. The van der Waals surface area contributed by atoms with E-state index in [-0.39, 0.29) is 11.9 Å². The Labute approximate surface area is 191 Å². The van der Waals surface area contributed by atoms with Crippen molar-refractivity contribution in [1.29, 1.82) is 0 Å². The molecule has 168 valence electrons. The summed E-state index contributed by atoms with van der Waals surface area (Å²) in [6, 6.07) is 15.5. The first-order valence-electron chi connectivity index (χ1n) is 11.5. The van der Waals surface area contributed by atoms with E-state index in [0.29, 0.717) is 17.4 Å². The van der Waals surface area contributed by atoms with Crippen LogP contribution in [-0.2, 0) is 0 Å². The van der Waals surface area contributed by atoms with Crippen molar-refractivity contribution in [2.75, 3.05) is 23.3 Å². The summed E-state index contributed by atoms with van der Waals surface area (Å²) in [5, 5.41) is 18.8. The van der Waals surface area contributed by atoms with E-state index in [4.69, 9.17) is 10.1 Å². The smallest absolute Gasteiger partial charge is 0.251 e. The van der Waals surface area contributed by atoms with Gasteiger partial charge in [0.15, 0.2) is 5.82 Å². The summed E-state index contributed by atoms with van der Waals surface area (Å²) in [6.07, 6.45) is 6.06. The van der Waals surface area contributed by atoms with Crippen molar-refractivity contribution in [3.63, 3.8) is 0 Å². The molecule has 0 atom stereocenters. The molecule has 9 heteroatoms. The number of amides is 1. The van der Waals surface area contributed by atoms with Crippen LogP contribution >= 0.6 is 0 Å². The summed E-state index contributed by atoms with van der Waals surface area (Å²) >= 11 is 0. The minimum atomic E-state index is -0.0179. The zero-order chi connectivity index (χ0) is 22.2. The predicted molar refractivity (Wildman–Crippen MR) is 126 cm³/mol. The third-order valence-electron chi connectivity index (χ3n) is 6.38. The monoisotopic (exact) mass is 442 g/mol. The number of nitrogens with one attached hydrogen (secondary N) is 3. The van der Waals surface area contributed by atoms with Crippen LogP contribution in [0.2, 0.25) is 0 Å². The summed E-state index contributed by atoms with van der Waals surface area (Å²) < 4.78 is 1.85. The molecule has 1 amide bonds. The van der Waals surface area contributed by atoms with Crippen LogP contribution in [0.5, 0.6) is 0 Å². The number of anilines is 3. The topological polar surface area (TPSA) is 103 Å². The van der Waals surface area contributed by atoms with Crippen LogP contribution in [0.4, 0.5) is 17.6 Å². The second-order valence-corrected chi connectivity index (χ2v) is 8.80. The molecule has 1 aliphatic heterocycles. The Kier molecular flexibility index (Phi) is 4.93. The highest BCUT2D eigenvalue weighted by atomic mass is 16.1. The van der Waals surface area contributed by atoms with E-state index in [1.807, 2.05) is 53.2 Å². The maximum Gasteiger partial charge on any atom is 0.251 e. The average molecular weight is 443 g/mol. The van der Waals surface area contributed by atoms with Gasteiger partial charge in [-0.25, -0.2) is 4.52 Å². The van der Waals surface area contributed by atoms with Gasteiger partial charge in [0.1, 0.15) is 11.3 Å². The lowest BCUT2D eigenvalue weighted by Gasteiger charge is -2.32.